The van der Waals surface area contributed by atoms with E-state index in [-0.39, 0.29) is 0 Å². The van der Waals surface area contributed by atoms with Gasteiger partial charge in [0.05, 0.1) is 5.54 Å². The molecule has 0 radical (unpaired) electrons. The van der Waals surface area contributed by atoms with E-state index in [2.05, 4.69) is 39.1 Å². The summed E-state index contributed by atoms with van der Waals surface area (Å²) in [5.41, 5.74) is 1.97. The summed E-state index contributed by atoms with van der Waals surface area (Å²) in [6.07, 6.45) is 7.62. The molecule has 14 heavy (non-hydrogen) atoms. The molecule has 0 aromatic rings. The number of rotatable bonds is 7. The van der Waals surface area contributed by atoms with Crippen LogP contribution in [-0.2, 0) is 0 Å². The maximum absolute atomic E-state index is 3.68. The molecule has 0 saturated heterocycles. The molecular formula is C13H25N. The van der Waals surface area contributed by atoms with Gasteiger partial charge < -0.3 is 5.32 Å². The number of hydrogen-bond acceptors (Lipinski definition) is 1. The van der Waals surface area contributed by atoms with Crippen LogP contribution in [0.1, 0.15) is 53.4 Å². The molecule has 0 spiro atoms. The Bertz CT molecular complexity index is 207. The Balaban J connectivity index is 2.59. The largest absolute Gasteiger partial charge is 0.305 e. The summed E-state index contributed by atoms with van der Waals surface area (Å²) in [6.45, 7) is 10.2. The predicted octanol–water partition coefficient (Wildman–Crippen LogP) is 3.51. The first kappa shape index (κ1) is 11.8. The van der Waals surface area contributed by atoms with Gasteiger partial charge in [-0.25, -0.2) is 0 Å². The van der Waals surface area contributed by atoms with Crippen molar-refractivity contribution in [2.24, 2.45) is 5.92 Å². The Hall–Kier alpha value is -0.300. The molecular weight excluding hydrogens is 170 g/mol. The average molecular weight is 195 g/mol. The summed E-state index contributed by atoms with van der Waals surface area (Å²) in [5, 5.41) is 3.68. The molecule has 0 bridgehead atoms. The first-order chi connectivity index (χ1) is 6.75. The average Bonchev–Trinajstić information content (AvgIpc) is 2.89. The Labute approximate surface area is 89.0 Å². The van der Waals surface area contributed by atoms with Crippen LogP contribution in [0.2, 0.25) is 0 Å². The van der Waals surface area contributed by atoms with Crippen molar-refractivity contribution in [2.45, 2.75) is 58.9 Å². The van der Waals surface area contributed by atoms with Crippen molar-refractivity contribution in [3.63, 3.8) is 0 Å². The third kappa shape index (κ3) is 2.03. The second kappa shape index (κ2) is 4.97. The predicted molar refractivity (Wildman–Crippen MR) is 63.5 cm³/mol. The Morgan fingerprint density at radius 1 is 1.29 bits per heavy atom. The van der Waals surface area contributed by atoms with E-state index in [1.54, 1.807) is 5.57 Å². The van der Waals surface area contributed by atoms with Gasteiger partial charge in [0.25, 0.3) is 0 Å². The lowest BCUT2D eigenvalue weighted by molar-refractivity contribution is 0.323. The normalized spacial score (nSPS) is 27.3. The topological polar surface area (TPSA) is 12.0 Å². The Morgan fingerprint density at radius 3 is 2.36 bits per heavy atom. The van der Waals surface area contributed by atoms with E-state index >= 15 is 0 Å². The summed E-state index contributed by atoms with van der Waals surface area (Å²) >= 11 is 0. The zero-order valence-corrected chi connectivity index (χ0v) is 10.2. The van der Waals surface area contributed by atoms with Crippen LogP contribution in [0.25, 0.3) is 0 Å². The number of hydrogen-bond donors (Lipinski definition) is 1. The van der Waals surface area contributed by atoms with Crippen LogP contribution in [0.3, 0.4) is 0 Å². The lowest BCUT2D eigenvalue weighted by Gasteiger charge is -2.29. The van der Waals surface area contributed by atoms with Crippen LogP contribution >= 0.6 is 0 Å². The van der Waals surface area contributed by atoms with Gasteiger partial charge in [-0.05, 0) is 30.9 Å². The molecule has 1 aliphatic rings. The molecule has 0 aromatic heterocycles. The minimum Gasteiger partial charge on any atom is -0.305 e. The first-order valence-corrected chi connectivity index (χ1v) is 6.22. The minimum atomic E-state index is 0.328. The molecule has 82 valence electrons. The number of likely N-dealkylation sites (N-methyl/N-ethyl adjacent to an activating group) is 1. The third-order valence-electron chi connectivity index (χ3n) is 3.47. The quantitative estimate of drug-likeness (QED) is 0.613. The first-order valence-electron chi connectivity index (χ1n) is 6.22. The van der Waals surface area contributed by atoms with Gasteiger partial charge in [-0.1, -0.05) is 46.6 Å². The van der Waals surface area contributed by atoms with Gasteiger partial charge in [-0.3, -0.25) is 0 Å². The second-order valence-corrected chi connectivity index (χ2v) is 4.32. The van der Waals surface area contributed by atoms with Gasteiger partial charge in [-0.15, -0.1) is 0 Å². The fraction of sp³-hybridized carbons (Fsp3) is 0.846. The molecule has 0 saturated carbocycles. The Morgan fingerprint density at radius 2 is 2.00 bits per heavy atom. The molecule has 2 unspecified atom stereocenters. The molecule has 0 amide bonds. The van der Waals surface area contributed by atoms with Gasteiger partial charge in [0.15, 0.2) is 0 Å². The van der Waals surface area contributed by atoms with E-state index in [1.165, 1.54) is 25.7 Å². The van der Waals surface area contributed by atoms with Gasteiger partial charge in [-0.2, -0.15) is 0 Å². The van der Waals surface area contributed by atoms with Crippen molar-refractivity contribution in [3.05, 3.63) is 11.6 Å². The minimum absolute atomic E-state index is 0.328. The second-order valence-electron chi connectivity index (χ2n) is 4.32. The standard InChI is InChI=1S/C13H25N/c1-5-9-11(6-2)13(14-8-4)10-12(13)7-3/h10-11,14H,5-9H2,1-4H3. The van der Waals surface area contributed by atoms with E-state index in [1.807, 2.05) is 0 Å². The highest BCUT2D eigenvalue weighted by Crippen LogP contribution is 2.46. The van der Waals surface area contributed by atoms with E-state index in [9.17, 15) is 0 Å². The summed E-state index contributed by atoms with van der Waals surface area (Å²) in [5.74, 6) is 0.822. The molecule has 2 atom stereocenters. The summed E-state index contributed by atoms with van der Waals surface area (Å²) in [7, 11) is 0. The molecule has 1 rings (SSSR count). The van der Waals surface area contributed by atoms with Crippen molar-refractivity contribution >= 4 is 0 Å². The maximum atomic E-state index is 3.68. The zero-order valence-electron chi connectivity index (χ0n) is 10.2. The van der Waals surface area contributed by atoms with Crippen LogP contribution < -0.4 is 5.32 Å². The van der Waals surface area contributed by atoms with Crippen LogP contribution in [0, 0.1) is 5.92 Å². The van der Waals surface area contributed by atoms with E-state index in [0.717, 1.165) is 12.5 Å². The SMILES string of the molecule is CCCC(CC)C1(NCC)C=C1CC. The van der Waals surface area contributed by atoms with E-state index < -0.39 is 0 Å². The van der Waals surface area contributed by atoms with Crippen LogP contribution in [0.4, 0.5) is 0 Å². The van der Waals surface area contributed by atoms with Crippen molar-refractivity contribution in [2.75, 3.05) is 6.54 Å². The molecule has 1 N–H and O–H groups in total. The molecule has 0 heterocycles. The lowest BCUT2D eigenvalue weighted by Crippen LogP contribution is -2.41. The molecule has 0 aliphatic heterocycles. The van der Waals surface area contributed by atoms with Gasteiger partial charge in [0, 0.05) is 0 Å². The fourth-order valence-electron chi connectivity index (χ4n) is 2.72. The third-order valence-corrected chi connectivity index (χ3v) is 3.47. The zero-order chi connectivity index (χ0) is 10.6. The highest BCUT2D eigenvalue weighted by Gasteiger charge is 2.46. The van der Waals surface area contributed by atoms with Crippen molar-refractivity contribution in [1.82, 2.24) is 5.32 Å². The summed E-state index contributed by atoms with van der Waals surface area (Å²) in [4.78, 5) is 0. The lowest BCUT2D eigenvalue weighted by atomic mass is 9.85. The van der Waals surface area contributed by atoms with Crippen LogP contribution in [-0.4, -0.2) is 12.1 Å². The Kier molecular flexibility index (Phi) is 4.18. The maximum Gasteiger partial charge on any atom is 0.0612 e. The molecule has 0 fully saturated rings. The van der Waals surface area contributed by atoms with Crippen molar-refractivity contribution in [3.8, 4) is 0 Å². The smallest absolute Gasteiger partial charge is 0.0612 e. The van der Waals surface area contributed by atoms with E-state index in [4.69, 9.17) is 0 Å². The summed E-state index contributed by atoms with van der Waals surface area (Å²) < 4.78 is 0. The van der Waals surface area contributed by atoms with Crippen molar-refractivity contribution in [1.29, 1.82) is 0 Å². The highest BCUT2D eigenvalue weighted by molar-refractivity contribution is 5.46. The van der Waals surface area contributed by atoms with E-state index in [0.29, 0.717) is 5.54 Å². The van der Waals surface area contributed by atoms with Gasteiger partial charge >= 0.3 is 0 Å². The molecule has 1 nitrogen and oxygen atoms in total. The monoisotopic (exact) mass is 195 g/mol. The van der Waals surface area contributed by atoms with Gasteiger partial charge in [0.2, 0.25) is 0 Å². The van der Waals surface area contributed by atoms with Crippen LogP contribution in [0.15, 0.2) is 11.6 Å². The highest BCUT2D eigenvalue weighted by atomic mass is 15.0. The number of nitrogens with one attached hydrogen (secondary N) is 1. The molecule has 1 aliphatic carbocycles. The van der Waals surface area contributed by atoms with Crippen molar-refractivity contribution < 1.29 is 0 Å². The molecule has 0 aromatic carbocycles. The summed E-state index contributed by atoms with van der Waals surface area (Å²) in [6, 6.07) is 0. The van der Waals surface area contributed by atoms with Crippen LogP contribution in [0.5, 0.6) is 0 Å². The fourth-order valence-corrected chi connectivity index (χ4v) is 2.72. The molecule has 1 heteroatoms. The van der Waals surface area contributed by atoms with Gasteiger partial charge in [0.1, 0.15) is 0 Å².